The quantitative estimate of drug-likeness (QED) is 0.680. The molecule has 0 aliphatic carbocycles. The highest BCUT2D eigenvalue weighted by Crippen LogP contribution is 2.32. The fourth-order valence-corrected chi connectivity index (χ4v) is 4.04. The van der Waals surface area contributed by atoms with E-state index in [4.69, 9.17) is 5.73 Å². The topological polar surface area (TPSA) is 114 Å². The number of pyridine rings is 1. The molecule has 0 saturated carbocycles. The third kappa shape index (κ3) is 2.28. The summed E-state index contributed by atoms with van der Waals surface area (Å²) in [5.41, 5.74) is 8.04. The first-order chi connectivity index (χ1) is 11.3. The van der Waals surface area contributed by atoms with Gasteiger partial charge in [-0.1, -0.05) is 0 Å². The number of nitrogen functional groups attached to an aromatic ring is 1. The molecular formula is C15H17N5O3S. The first-order valence-corrected chi connectivity index (χ1v) is 9.42. The number of aryl methyl sites for hydroxylation is 1. The number of phenolic OH excluding ortho intramolecular Hbond substituents is 1. The molecular weight excluding hydrogens is 330 g/mol. The van der Waals surface area contributed by atoms with Crippen LogP contribution in [-0.2, 0) is 23.1 Å². The van der Waals surface area contributed by atoms with Crippen LogP contribution in [0.5, 0.6) is 5.75 Å². The number of rotatable bonds is 1. The number of benzene rings is 1. The lowest BCUT2D eigenvalue weighted by atomic mass is 10.1. The molecule has 0 saturated heterocycles. The zero-order valence-electron chi connectivity index (χ0n) is 13.1. The number of aromatic nitrogens is 3. The van der Waals surface area contributed by atoms with Crippen LogP contribution in [0.3, 0.4) is 0 Å². The van der Waals surface area contributed by atoms with Crippen molar-refractivity contribution in [3.63, 3.8) is 0 Å². The second-order valence-corrected chi connectivity index (χ2v) is 8.01. The average Bonchev–Trinajstić information content (AvgIpc) is 2.71. The summed E-state index contributed by atoms with van der Waals surface area (Å²) in [6.07, 6.45) is 1.90. The van der Waals surface area contributed by atoms with Gasteiger partial charge in [0.05, 0.1) is 23.8 Å². The predicted octanol–water partition coefficient (Wildman–Crippen LogP) is 1.04. The Bertz CT molecular complexity index is 1070. The van der Waals surface area contributed by atoms with Gasteiger partial charge in [0.25, 0.3) is 0 Å². The SMILES string of the molecule is CS(=O)(=O)N1CCCn2c(nc3c(N)nc4cc(O)ccc4c32)C1. The molecule has 1 aliphatic heterocycles. The van der Waals surface area contributed by atoms with Gasteiger partial charge in [0.15, 0.2) is 5.82 Å². The van der Waals surface area contributed by atoms with E-state index in [2.05, 4.69) is 9.97 Å². The maximum absolute atomic E-state index is 11.9. The van der Waals surface area contributed by atoms with E-state index in [9.17, 15) is 13.5 Å². The smallest absolute Gasteiger partial charge is 0.211 e. The van der Waals surface area contributed by atoms with Crippen LogP contribution in [0.2, 0.25) is 0 Å². The van der Waals surface area contributed by atoms with Crippen LogP contribution in [0, 0.1) is 0 Å². The Morgan fingerprint density at radius 3 is 2.79 bits per heavy atom. The van der Waals surface area contributed by atoms with Gasteiger partial charge < -0.3 is 15.4 Å². The molecule has 0 bridgehead atoms. The highest BCUT2D eigenvalue weighted by atomic mass is 32.2. The zero-order valence-corrected chi connectivity index (χ0v) is 13.9. The number of anilines is 1. The number of phenols is 1. The summed E-state index contributed by atoms with van der Waals surface area (Å²) in [5.74, 6) is 1.05. The van der Waals surface area contributed by atoms with Crippen molar-refractivity contribution in [1.29, 1.82) is 0 Å². The monoisotopic (exact) mass is 347 g/mol. The molecule has 9 heteroatoms. The number of nitrogens with two attached hydrogens (primary N) is 1. The predicted molar refractivity (Wildman–Crippen MR) is 91.0 cm³/mol. The summed E-state index contributed by atoms with van der Waals surface area (Å²) in [6.45, 7) is 1.33. The molecule has 0 unspecified atom stereocenters. The molecule has 1 aliphatic rings. The fourth-order valence-electron chi connectivity index (χ4n) is 3.23. The first-order valence-electron chi connectivity index (χ1n) is 7.57. The molecule has 3 heterocycles. The maximum Gasteiger partial charge on any atom is 0.211 e. The van der Waals surface area contributed by atoms with E-state index in [1.165, 1.54) is 10.6 Å². The Balaban J connectivity index is 2.01. The van der Waals surface area contributed by atoms with Crippen LogP contribution >= 0.6 is 0 Å². The van der Waals surface area contributed by atoms with Gasteiger partial charge in [-0.05, 0) is 18.6 Å². The standard InChI is InChI=1S/C15H17N5O3S/c1-24(22,23)19-5-2-6-20-12(8-19)18-13-14(20)10-4-3-9(21)7-11(10)17-15(13)16/h3-4,7,21H,2,5-6,8H2,1H3,(H2,16,17). The van der Waals surface area contributed by atoms with Gasteiger partial charge in [0.1, 0.15) is 17.1 Å². The summed E-state index contributed by atoms with van der Waals surface area (Å²) in [5, 5.41) is 10.5. The van der Waals surface area contributed by atoms with Gasteiger partial charge in [-0.3, -0.25) is 0 Å². The third-order valence-electron chi connectivity index (χ3n) is 4.34. The molecule has 2 aromatic heterocycles. The van der Waals surface area contributed by atoms with Gasteiger partial charge in [-0.2, -0.15) is 4.31 Å². The Kier molecular flexibility index (Phi) is 3.19. The molecule has 4 rings (SSSR count). The molecule has 8 nitrogen and oxygen atoms in total. The number of hydrogen-bond donors (Lipinski definition) is 2. The van der Waals surface area contributed by atoms with Gasteiger partial charge in [0, 0.05) is 24.5 Å². The number of nitrogens with zero attached hydrogens (tertiary/aromatic N) is 4. The number of sulfonamides is 1. The van der Waals surface area contributed by atoms with E-state index in [1.807, 2.05) is 4.57 Å². The van der Waals surface area contributed by atoms with Crippen molar-refractivity contribution in [1.82, 2.24) is 18.8 Å². The molecule has 0 atom stereocenters. The molecule has 0 fully saturated rings. The lowest BCUT2D eigenvalue weighted by Crippen LogP contribution is -2.29. The summed E-state index contributed by atoms with van der Waals surface area (Å²) < 4.78 is 27.2. The summed E-state index contributed by atoms with van der Waals surface area (Å²) in [6, 6.07) is 4.94. The lowest BCUT2D eigenvalue weighted by Gasteiger charge is -2.15. The van der Waals surface area contributed by atoms with Crippen molar-refractivity contribution in [2.24, 2.45) is 0 Å². The molecule has 3 N–H and O–H groups in total. The van der Waals surface area contributed by atoms with Crippen molar-refractivity contribution < 1.29 is 13.5 Å². The van der Waals surface area contributed by atoms with E-state index in [1.54, 1.807) is 18.2 Å². The fraction of sp³-hybridized carbons (Fsp3) is 0.333. The summed E-state index contributed by atoms with van der Waals surface area (Å²) in [7, 11) is -3.29. The maximum atomic E-state index is 11.9. The van der Waals surface area contributed by atoms with Crippen molar-refractivity contribution in [2.75, 3.05) is 18.5 Å². The van der Waals surface area contributed by atoms with E-state index >= 15 is 0 Å². The van der Waals surface area contributed by atoms with Crippen LogP contribution in [-0.4, -0.2) is 45.2 Å². The Morgan fingerprint density at radius 2 is 2.04 bits per heavy atom. The van der Waals surface area contributed by atoms with Gasteiger partial charge in [0.2, 0.25) is 10.0 Å². The van der Waals surface area contributed by atoms with Crippen molar-refractivity contribution in [3.05, 3.63) is 24.0 Å². The van der Waals surface area contributed by atoms with E-state index in [0.717, 1.165) is 10.9 Å². The van der Waals surface area contributed by atoms with Crippen LogP contribution in [0.4, 0.5) is 5.82 Å². The van der Waals surface area contributed by atoms with E-state index < -0.39 is 10.0 Å². The number of aromatic hydroxyl groups is 1. The summed E-state index contributed by atoms with van der Waals surface area (Å²) >= 11 is 0. The molecule has 24 heavy (non-hydrogen) atoms. The van der Waals surface area contributed by atoms with E-state index in [-0.39, 0.29) is 18.1 Å². The van der Waals surface area contributed by atoms with Crippen LogP contribution in [0.25, 0.3) is 21.9 Å². The minimum absolute atomic E-state index is 0.118. The van der Waals surface area contributed by atoms with Gasteiger partial charge >= 0.3 is 0 Å². The van der Waals surface area contributed by atoms with Crippen molar-refractivity contribution >= 4 is 37.8 Å². The number of fused-ring (bicyclic) bond motifs is 5. The van der Waals surface area contributed by atoms with Crippen LogP contribution < -0.4 is 5.73 Å². The number of imidazole rings is 1. The average molecular weight is 347 g/mol. The van der Waals surface area contributed by atoms with Crippen LogP contribution in [0.15, 0.2) is 18.2 Å². The summed E-state index contributed by atoms with van der Waals surface area (Å²) in [4.78, 5) is 8.87. The molecule has 3 aromatic rings. The molecule has 126 valence electrons. The zero-order chi connectivity index (χ0) is 17.1. The van der Waals surface area contributed by atoms with Gasteiger partial charge in [-0.25, -0.2) is 18.4 Å². The molecule has 1 aromatic carbocycles. The molecule has 0 spiro atoms. The van der Waals surface area contributed by atoms with Crippen molar-refractivity contribution in [3.8, 4) is 5.75 Å². The lowest BCUT2D eigenvalue weighted by molar-refractivity contribution is 0.411. The minimum atomic E-state index is -3.29. The normalized spacial score (nSPS) is 16.4. The second kappa shape index (κ2) is 5.05. The van der Waals surface area contributed by atoms with Crippen molar-refractivity contribution in [2.45, 2.75) is 19.5 Å². The second-order valence-electron chi connectivity index (χ2n) is 6.03. The number of hydrogen-bond acceptors (Lipinski definition) is 6. The largest absolute Gasteiger partial charge is 0.508 e. The highest BCUT2D eigenvalue weighted by molar-refractivity contribution is 7.88. The molecule has 0 amide bonds. The Hall–Kier alpha value is -2.39. The highest BCUT2D eigenvalue weighted by Gasteiger charge is 2.25. The molecule has 0 radical (unpaired) electrons. The Morgan fingerprint density at radius 1 is 1.25 bits per heavy atom. The Labute approximate surface area is 138 Å². The van der Waals surface area contributed by atoms with Gasteiger partial charge in [-0.15, -0.1) is 0 Å². The van der Waals surface area contributed by atoms with E-state index in [0.29, 0.717) is 36.4 Å². The minimum Gasteiger partial charge on any atom is -0.508 e. The first kappa shape index (κ1) is 15.2. The third-order valence-corrected chi connectivity index (χ3v) is 5.59. The van der Waals surface area contributed by atoms with Crippen LogP contribution in [0.1, 0.15) is 12.2 Å².